The van der Waals surface area contributed by atoms with Crippen molar-refractivity contribution in [3.63, 3.8) is 0 Å². The number of carbonyl (C=O) groups is 1. The fraction of sp³-hybridized carbons (Fsp3) is 0.273. The summed E-state index contributed by atoms with van der Waals surface area (Å²) < 4.78 is 0. The zero-order chi connectivity index (χ0) is 11.4. The molecule has 16 heavy (non-hydrogen) atoms. The lowest BCUT2D eigenvalue weighted by Crippen LogP contribution is -2.44. The van der Waals surface area contributed by atoms with E-state index >= 15 is 0 Å². The average Bonchev–Trinajstić information content (AvgIpc) is 2.76. The van der Waals surface area contributed by atoms with E-state index in [1.54, 1.807) is 0 Å². The number of aliphatic imine (C=N–C) groups is 1. The second kappa shape index (κ2) is 4.65. The zero-order valence-electron chi connectivity index (χ0n) is 8.81. The Balaban J connectivity index is 1.89. The van der Waals surface area contributed by atoms with Crippen molar-refractivity contribution >= 4 is 11.9 Å². The second-order valence-corrected chi connectivity index (χ2v) is 3.71. The first-order valence-electron chi connectivity index (χ1n) is 5.15. The van der Waals surface area contributed by atoms with Crippen molar-refractivity contribution in [2.24, 2.45) is 10.7 Å². The van der Waals surface area contributed by atoms with Crippen LogP contribution in [0.1, 0.15) is 17.9 Å². The SMILES string of the molecule is NC(=O)NNC1=NCC(c2ccccc2)C1. The molecular formula is C11H14N4O. The standard InChI is InChI=1S/C11H14N4O/c12-11(16)15-14-10-6-9(7-13-10)8-4-2-1-3-5-8/h1-5,9H,6-7H2,(H,13,14)(H3,12,15,16). The lowest BCUT2D eigenvalue weighted by Gasteiger charge is -2.09. The third kappa shape index (κ3) is 2.50. The lowest BCUT2D eigenvalue weighted by molar-refractivity contribution is 0.247. The second-order valence-electron chi connectivity index (χ2n) is 3.71. The van der Waals surface area contributed by atoms with E-state index in [2.05, 4.69) is 28.0 Å². The highest BCUT2D eigenvalue weighted by molar-refractivity contribution is 5.86. The first kappa shape index (κ1) is 10.5. The van der Waals surface area contributed by atoms with E-state index in [1.165, 1.54) is 5.56 Å². The number of hydrazine groups is 1. The minimum Gasteiger partial charge on any atom is -0.350 e. The van der Waals surface area contributed by atoms with Gasteiger partial charge in [-0.05, 0) is 5.56 Å². The molecule has 0 spiro atoms. The molecule has 1 heterocycles. The lowest BCUT2D eigenvalue weighted by atomic mass is 9.98. The fourth-order valence-corrected chi connectivity index (χ4v) is 1.76. The van der Waals surface area contributed by atoms with Crippen molar-refractivity contribution in [2.45, 2.75) is 12.3 Å². The van der Waals surface area contributed by atoms with Crippen molar-refractivity contribution in [2.75, 3.05) is 6.54 Å². The summed E-state index contributed by atoms with van der Waals surface area (Å²) in [6.45, 7) is 0.743. The molecule has 2 amide bonds. The number of benzene rings is 1. The van der Waals surface area contributed by atoms with Crippen LogP contribution in [0.2, 0.25) is 0 Å². The molecule has 1 aromatic rings. The maximum atomic E-state index is 10.5. The minimum absolute atomic E-state index is 0.387. The molecule has 4 N–H and O–H groups in total. The molecular weight excluding hydrogens is 204 g/mol. The molecule has 0 radical (unpaired) electrons. The molecule has 1 unspecified atom stereocenters. The number of primary amides is 1. The molecule has 0 saturated heterocycles. The number of amides is 2. The summed E-state index contributed by atoms with van der Waals surface area (Å²) in [6.07, 6.45) is 0.796. The smallest absolute Gasteiger partial charge is 0.330 e. The number of urea groups is 1. The molecule has 0 fully saturated rings. The fourth-order valence-electron chi connectivity index (χ4n) is 1.76. The van der Waals surface area contributed by atoms with Gasteiger partial charge in [0.2, 0.25) is 0 Å². The number of rotatable bonds is 1. The van der Waals surface area contributed by atoms with Gasteiger partial charge in [-0.2, -0.15) is 0 Å². The van der Waals surface area contributed by atoms with E-state index < -0.39 is 6.03 Å². The van der Waals surface area contributed by atoms with Gasteiger partial charge in [0.25, 0.3) is 0 Å². The number of amidine groups is 1. The number of nitrogens with zero attached hydrogens (tertiary/aromatic N) is 1. The number of hydrogen-bond acceptors (Lipinski definition) is 3. The van der Waals surface area contributed by atoms with Gasteiger partial charge in [-0.15, -0.1) is 0 Å². The van der Waals surface area contributed by atoms with Gasteiger partial charge in [-0.3, -0.25) is 15.8 Å². The normalized spacial score (nSPS) is 19.0. The van der Waals surface area contributed by atoms with Crippen LogP contribution < -0.4 is 16.6 Å². The summed E-state index contributed by atoms with van der Waals surface area (Å²) in [5, 5.41) is 0. The molecule has 1 aromatic carbocycles. The monoisotopic (exact) mass is 218 g/mol. The predicted molar refractivity (Wildman–Crippen MR) is 62.0 cm³/mol. The van der Waals surface area contributed by atoms with Gasteiger partial charge >= 0.3 is 6.03 Å². The first-order valence-corrected chi connectivity index (χ1v) is 5.15. The topological polar surface area (TPSA) is 79.5 Å². The number of hydrogen-bond donors (Lipinski definition) is 3. The van der Waals surface area contributed by atoms with E-state index in [1.807, 2.05) is 18.2 Å². The van der Waals surface area contributed by atoms with Gasteiger partial charge in [0.1, 0.15) is 5.84 Å². The Bertz CT molecular complexity index is 402. The van der Waals surface area contributed by atoms with Crippen molar-refractivity contribution in [1.29, 1.82) is 0 Å². The first-order chi connectivity index (χ1) is 7.75. The maximum absolute atomic E-state index is 10.5. The van der Waals surface area contributed by atoms with Crippen LogP contribution in [0.15, 0.2) is 35.3 Å². The van der Waals surface area contributed by atoms with Gasteiger partial charge in [-0.1, -0.05) is 30.3 Å². The summed E-state index contributed by atoms with van der Waals surface area (Å²) in [5.41, 5.74) is 11.2. The van der Waals surface area contributed by atoms with Crippen molar-refractivity contribution < 1.29 is 4.79 Å². The van der Waals surface area contributed by atoms with Crippen LogP contribution in [-0.4, -0.2) is 18.4 Å². The Morgan fingerprint density at radius 2 is 2.12 bits per heavy atom. The summed E-state index contributed by atoms with van der Waals surface area (Å²) in [4.78, 5) is 14.8. The van der Waals surface area contributed by atoms with Gasteiger partial charge in [-0.25, -0.2) is 4.79 Å². The minimum atomic E-state index is -0.606. The molecule has 1 aliphatic rings. The van der Waals surface area contributed by atoms with Gasteiger partial charge < -0.3 is 5.73 Å². The molecule has 0 aromatic heterocycles. The highest BCUT2D eigenvalue weighted by atomic mass is 16.2. The van der Waals surface area contributed by atoms with Crippen molar-refractivity contribution in [1.82, 2.24) is 10.9 Å². The molecule has 0 aliphatic carbocycles. The van der Waals surface area contributed by atoms with E-state index in [9.17, 15) is 4.79 Å². The van der Waals surface area contributed by atoms with Crippen LogP contribution in [0.3, 0.4) is 0 Å². The highest BCUT2D eigenvalue weighted by Gasteiger charge is 2.19. The van der Waals surface area contributed by atoms with E-state index in [0.717, 1.165) is 18.8 Å². The number of nitrogens with one attached hydrogen (secondary N) is 2. The maximum Gasteiger partial charge on any atom is 0.330 e. The van der Waals surface area contributed by atoms with Crippen LogP contribution in [0, 0.1) is 0 Å². The van der Waals surface area contributed by atoms with Gasteiger partial charge in [0.15, 0.2) is 0 Å². The van der Waals surface area contributed by atoms with Gasteiger partial charge in [0, 0.05) is 18.9 Å². The molecule has 0 saturated carbocycles. The molecule has 84 valence electrons. The third-order valence-electron chi connectivity index (χ3n) is 2.54. The molecule has 5 nitrogen and oxygen atoms in total. The molecule has 2 rings (SSSR count). The van der Waals surface area contributed by atoms with E-state index in [-0.39, 0.29) is 0 Å². The third-order valence-corrected chi connectivity index (χ3v) is 2.54. The Morgan fingerprint density at radius 3 is 2.81 bits per heavy atom. The van der Waals surface area contributed by atoms with Crippen LogP contribution in [0.25, 0.3) is 0 Å². The summed E-state index contributed by atoms with van der Waals surface area (Å²) in [6, 6.07) is 9.60. The largest absolute Gasteiger partial charge is 0.350 e. The zero-order valence-corrected chi connectivity index (χ0v) is 8.81. The molecule has 0 bridgehead atoms. The van der Waals surface area contributed by atoms with Gasteiger partial charge in [0.05, 0.1) is 0 Å². The Hall–Kier alpha value is -2.04. The Labute approximate surface area is 93.7 Å². The number of nitrogens with two attached hydrogens (primary N) is 1. The van der Waals surface area contributed by atoms with Crippen LogP contribution in [0.5, 0.6) is 0 Å². The average molecular weight is 218 g/mol. The molecule has 1 aliphatic heterocycles. The van der Waals surface area contributed by atoms with E-state index in [4.69, 9.17) is 5.73 Å². The van der Waals surface area contributed by atoms with Crippen molar-refractivity contribution in [3.05, 3.63) is 35.9 Å². The summed E-state index contributed by atoms with van der Waals surface area (Å²) >= 11 is 0. The van der Waals surface area contributed by atoms with E-state index in [0.29, 0.717) is 5.92 Å². The van der Waals surface area contributed by atoms with Crippen LogP contribution in [-0.2, 0) is 0 Å². The highest BCUT2D eigenvalue weighted by Crippen LogP contribution is 2.24. The Kier molecular flexibility index (Phi) is 3.05. The van der Waals surface area contributed by atoms with Crippen molar-refractivity contribution in [3.8, 4) is 0 Å². The summed E-state index contributed by atoms with van der Waals surface area (Å²) in [7, 11) is 0. The summed E-state index contributed by atoms with van der Waals surface area (Å²) in [5.74, 6) is 1.16. The van der Waals surface area contributed by atoms with Crippen LogP contribution >= 0.6 is 0 Å². The predicted octanol–water partition coefficient (Wildman–Crippen LogP) is 0.745. The Morgan fingerprint density at radius 1 is 1.38 bits per heavy atom. The molecule has 5 heteroatoms. The van der Waals surface area contributed by atoms with Crippen LogP contribution in [0.4, 0.5) is 4.79 Å². The number of carbonyl (C=O) groups excluding carboxylic acids is 1. The molecule has 1 atom stereocenters. The quantitative estimate of drug-likeness (QED) is 0.608.